The van der Waals surface area contributed by atoms with Crippen LogP contribution in [-0.2, 0) is 11.3 Å². The standard InChI is InChI=1S/C23H19ClN4O3S/c1-13-3-4-15(11-14(13)2)21-25-19(31-26-21)12-27-18-9-10-32-20(18)22(29)28(23(27)30)17-7-5-16(24)6-8-17/h3-11,18,20H,12H2,1-2H3. The molecular formula is C23H19ClN4O3S. The third kappa shape index (κ3) is 3.59. The highest BCUT2D eigenvalue weighted by atomic mass is 35.5. The lowest BCUT2D eigenvalue weighted by atomic mass is 10.1. The zero-order chi connectivity index (χ0) is 22.4. The third-order valence-corrected chi connectivity index (χ3v) is 7.04. The second-order valence-corrected chi connectivity index (χ2v) is 9.24. The summed E-state index contributed by atoms with van der Waals surface area (Å²) in [5.74, 6) is 0.516. The smallest absolute Gasteiger partial charge is 0.332 e. The van der Waals surface area contributed by atoms with Gasteiger partial charge in [0.05, 0.1) is 11.7 Å². The van der Waals surface area contributed by atoms with Crippen LogP contribution in [0.2, 0.25) is 5.02 Å². The van der Waals surface area contributed by atoms with Crippen LogP contribution in [0.25, 0.3) is 11.4 Å². The third-order valence-electron chi connectivity index (χ3n) is 5.70. The molecule has 0 N–H and O–H groups in total. The zero-order valence-electron chi connectivity index (χ0n) is 17.4. The molecule has 0 saturated carbocycles. The number of thioether (sulfide) groups is 1. The van der Waals surface area contributed by atoms with Gasteiger partial charge in [0.1, 0.15) is 11.8 Å². The van der Waals surface area contributed by atoms with Gasteiger partial charge in [-0.1, -0.05) is 35.0 Å². The summed E-state index contributed by atoms with van der Waals surface area (Å²) in [6.45, 7) is 4.17. The first-order valence-corrected chi connectivity index (χ1v) is 11.4. The topological polar surface area (TPSA) is 79.5 Å². The average molecular weight is 467 g/mol. The Hall–Kier alpha value is -3.10. The normalized spacial score (nSPS) is 20.2. The van der Waals surface area contributed by atoms with Gasteiger partial charge in [-0.3, -0.25) is 4.79 Å². The van der Waals surface area contributed by atoms with Crippen molar-refractivity contribution < 1.29 is 14.1 Å². The highest BCUT2D eigenvalue weighted by Gasteiger charge is 2.48. The van der Waals surface area contributed by atoms with E-state index >= 15 is 0 Å². The molecule has 9 heteroatoms. The van der Waals surface area contributed by atoms with Crippen molar-refractivity contribution >= 4 is 41.0 Å². The molecule has 0 spiro atoms. The van der Waals surface area contributed by atoms with Crippen LogP contribution in [0.4, 0.5) is 10.5 Å². The lowest BCUT2D eigenvalue weighted by molar-refractivity contribution is -0.119. The van der Waals surface area contributed by atoms with Crippen molar-refractivity contribution in [1.82, 2.24) is 15.0 Å². The summed E-state index contributed by atoms with van der Waals surface area (Å²) in [4.78, 5) is 33.8. The van der Waals surface area contributed by atoms with Gasteiger partial charge in [0.2, 0.25) is 11.7 Å². The predicted octanol–water partition coefficient (Wildman–Crippen LogP) is 4.97. The fraction of sp³-hybridized carbons (Fsp3) is 0.217. The fourth-order valence-electron chi connectivity index (χ4n) is 3.80. The minimum absolute atomic E-state index is 0.0973. The van der Waals surface area contributed by atoms with Crippen LogP contribution >= 0.6 is 23.4 Å². The molecule has 7 nitrogen and oxygen atoms in total. The Kier molecular flexibility index (Phi) is 5.27. The van der Waals surface area contributed by atoms with E-state index in [2.05, 4.69) is 10.1 Å². The van der Waals surface area contributed by atoms with Crippen LogP contribution in [-0.4, -0.2) is 38.3 Å². The fourth-order valence-corrected chi connectivity index (χ4v) is 4.97. The van der Waals surface area contributed by atoms with Crippen LogP contribution < -0.4 is 4.90 Å². The van der Waals surface area contributed by atoms with E-state index in [0.717, 1.165) is 11.1 Å². The Morgan fingerprint density at radius 2 is 1.88 bits per heavy atom. The molecule has 3 heterocycles. The molecule has 3 amide bonds. The van der Waals surface area contributed by atoms with Gasteiger partial charge in [-0.2, -0.15) is 4.98 Å². The summed E-state index contributed by atoms with van der Waals surface area (Å²) in [5.41, 5.74) is 3.63. The Labute approximate surface area is 194 Å². The van der Waals surface area contributed by atoms with E-state index < -0.39 is 11.3 Å². The van der Waals surface area contributed by atoms with Gasteiger partial charge >= 0.3 is 6.03 Å². The maximum atomic E-state index is 13.4. The second kappa shape index (κ2) is 8.11. The number of amides is 3. The number of carbonyl (C=O) groups is 2. The number of rotatable bonds is 4. The van der Waals surface area contributed by atoms with Gasteiger partial charge in [0.15, 0.2) is 0 Å². The number of carbonyl (C=O) groups excluding carboxylic acids is 2. The largest absolute Gasteiger partial charge is 0.337 e. The van der Waals surface area contributed by atoms with E-state index in [0.29, 0.717) is 22.4 Å². The van der Waals surface area contributed by atoms with Gasteiger partial charge < -0.3 is 9.42 Å². The van der Waals surface area contributed by atoms with E-state index in [-0.39, 0.29) is 18.5 Å². The second-order valence-electron chi connectivity index (χ2n) is 7.75. The van der Waals surface area contributed by atoms with Crippen LogP contribution in [0.5, 0.6) is 0 Å². The Morgan fingerprint density at radius 3 is 2.62 bits per heavy atom. The first kappa shape index (κ1) is 20.8. The quantitative estimate of drug-likeness (QED) is 0.540. The molecule has 2 atom stereocenters. The number of halogens is 1. The number of aryl methyl sites for hydroxylation is 2. The summed E-state index contributed by atoms with van der Waals surface area (Å²) in [6.07, 6.45) is 1.87. The van der Waals surface area contributed by atoms with Crippen molar-refractivity contribution in [1.29, 1.82) is 0 Å². The molecule has 32 heavy (non-hydrogen) atoms. The maximum absolute atomic E-state index is 13.4. The molecule has 5 rings (SSSR count). The summed E-state index contributed by atoms with van der Waals surface area (Å²) in [7, 11) is 0. The SMILES string of the molecule is Cc1ccc(-c2noc(CN3C(=O)N(c4ccc(Cl)cc4)C(=O)C4SC=CC43)n2)cc1C. The number of nitrogens with zero attached hydrogens (tertiary/aromatic N) is 4. The Balaban J connectivity index is 1.44. The van der Waals surface area contributed by atoms with E-state index in [1.807, 2.05) is 43.5 Å². The monoisotopic (exact) mass is 466 g/mol. The van der Waals surface area contributed by atoms with Crippen LogP contribution in [0.3, 0.4) is 0 Å². The molecule has 2 aliphatic rings. The first-order valence-electron chi connectivity index (χ1n) is 10.0. The predicted molar refractivity (Wildman–Crippen MR) is 123 cm³/mol. The average Bonchev–Trinajstić information content (AvgIpc) is 3.44. The molecule has 1 aromatic heterocycles. The van der Waals surface area contributed by atoms with Crippen LogP contribution in [0.15, 0.2) is 58.5 Å². The van der Waals surface area contributed by atoms with Gasteiger partial charge in [-0.15, -0.1) is 11.8 Å². The Bertz CT molecular complexity index is 1240. The van der Waals surface area contributed by atoms with Crippen molar-refractivity contribution in [2.75, 3.05) is 4.90 Å². The van der Waals surface area contributed by atoms with Crippen molar-refractivity contribution in [3.8, 4) is 11.4 Å². The number of imide groups is 1. The van der Waals surface area contributed by atoms with Crippen LogP contribution in [0, 0.1) is 13.8 Å². The summed E-state index contributed by atoms with van der Waals surface area (Å²) < 4.78 is 5.47. The molecule has 162 valence electrons. The number of aromatic nitrogens is 2. The van der Waals surface area contributed by atoms with Gasteiger partial charge in [-0.25, -0.2) is 9.69 Å². The van der Waals surface area contributed by atoms with Crippen molar-refractivity contribution in [3.63, 3.8) is 0 Å². The van der Waals surface area contributed by atoms with E-state index in [9.17, 15) is 9.59 Å². The molecule has 1 fully saturated rings. The minimum atomic E-state index is -0.434. The minimum Gasteiger partial charge on any atom is -0.337 e. The van der Waals surface area contributed by atoms with E-state index in [1.54, 1.807) is 29.2 Å². The van der Waals surface area contributed by atoms with Crippen LogP contribution in [0.1, 0.15) is 17.0 Å². The summed E-state index contributed by atoms with van der Waals surface area (Å²) >= 11 is 7.38. The molecule has 3 aromatic rings. The Morgan fingerprint density at radius 1 is 1.09 bits per heavy atom. The molecule has 2 aliphatic heterocycles. The molecular weight excluding hydrogens is 448 g/mol. The number of fused-ring (bicyclic) bond motifs is 1. The maximum Gasteiger partial charge on any atom is 0.332 e. The molecule has 0 aliphatic carbocycles. The van der Waals surface area contributed by atoms with E-state index in [1.165, 1.54) is 22.2 Å². The zero-order valence-corrected chi connectivity index (χ0v) is 18.9. The van der Waals surface area contributed by atoms with Crippen molar-refractivity contribution in [2.24, 2.45) is 0 Å². The molecule has 1 saturated heterocycles. The number of anilines is 1. The summed E-state index contributed by atoms with van der Waals surface area (Å²) in [6, 6.07) is 11.8. The number of hydrogen-bond donors (Lipinski definition) is 0. The summed E-state index contributed by atoms with van der Waals surface area (Å²) in [5, 5.41) is 6.05. The first-order chi connectivity index (χ1) is 15.4. The molecule has 0 radical (unpaired) electrons. The molecule has 0 bridgehead atoms. The van der Waals surface area contributed by atoms with Crippen molar-refractivity contribution in [2.45, 2.75) is 31.7 Å². The lowest BCUT2D eigenvalue weighted by Crippen LogP contribution is -2.61. The van der Waals surface area contributed by atoms with E-state index in [4.69, 9.17) is 16.1 Å². The van der Waals surface area contributed by atoms with Gasteiger partial charge in [0.25, 0.3) is 5.91 Å². The lowest BCUT2D eigenvalue weighted by Gasteiger charge is -2.40. The molecule has 2 aromatic carbocycles. The van der Waals surface area contributed by atoms with Gasteiger partial charge in [-0.05, 0) is 60.7 Å². The number of benzene rings is 2. The highest BCUT2D eigenvalue weighted by molar-refractivity contribution is 8.03. The number of hydrogen-bond acceptors (Lipinski definition) is 6. The van der Waals surface area contributed by atoms with Gasteiger partial charge in [0, 0.05) is 10.6 Å². The molecule has 2 unspecified atom stereocenters. The number of urea groups is 1. The highest BCUT2D eigenvalue weighted by Crippen LogP contribution is 2.37. The van der Waals surface area contributed by atoms with Crippen molar-refractivity contribution in [3.05, 3.63) is 76.0 Å².